The van der Waals surface area contributed by atoms with Crippen LogP contribution >= 0.6 is 0 Å². The maximum Gasteiger partial charge on any atom is 0.153 e. The first kappa shape index (κ1) is 11.6. The number of sulfone groups is 1. The van der Waals surface area contributed by atoms with Crippen LogP contribution in [0.3, 0.4) is 0 Å². The number of aliphatic hydroxyl groups is 1. The molecule has 0 spiro atoms. The second-order valence-electron chi connectivity index (χ2n) is 4.50. The lowest BCUT2D eigenvalue weighted by Crippen LogP contribution is -2.39. The molecule has 0 heterocycles. The van der Waals surface area contributed by atoms with E-state index in [4.69, 9.17) is 0 Å². The van der Waals surface area contributed by atoms with Crippen molar-refractivity contribution in [2.75, 3.05) is 6.26 Å². The normalized spacial score (nSPS) is 30.5. The molecule has 16 heavy (non-hydrogen) atoms. The van der Waals surface area contributed by atoms with Crippen molar-refractivity contribution in [3.63, 3.8) is 0 Å². The molecule has 4 heteroatoms. The smallest absolute Gasteiger partial charge is 0.153 e. The molecule has 1 saturated carbocycles. The summed E-state index contributed by atoms with van der Waals surface area (Å²) in [6.07, 6.45) is 3.03. The van der Waals surface area contributed by atoms with Crippen LogP contribution in [0.15, 0.2) is 30.3 Å². The van der Waals surface area contributed by atoms with Crippen LogP contribution in [0, 0.1) is 0 Å². The second kappa shape index (κ2) is 3.86. The monoisotopic (exact) mass is 240 g/mol. The summed E-state index contributed by atoms with van der Waals surface area (Å²) in [5.74, 6) is 0. The first-order valence-corrected chi connectivity index (χ1v) is 7.37. The molecule has 0 aliphatic heterocycles. The van der Waals surface area contributed by atoms with Crippen LogP contribution in [0.25, 0.3) is 0 Å². The zero-order valence-corrected chi connectivity index (χ0v) is 10.1. The van der Waals surface area contributed by atoms with Crippen molar-refractivity contribution in [1.82, 2.24) is 0 Å². The largest absolute Gasteiger partial charge is 0.384 e. The minimum absolute atomic E-state index is 0.523. The van der Waals surface area contributed by atoms with Crippen LogP contribution in [0.1, 0.15) is 24.8 Å². The first-order valence-electron chi connectivity index (χ1n) is 5.41. The van der Waals surface area contributed by atoms with Crippen molar-refractivity contribution in [3.8, 4) is 0 Å². The van der Waals surface area contributed by atoms with Crippen molar-refractivity contribution in [2.24, 2.45) is 0 Å². The summed E-state index contributed by atoms with van der Waals surface area (Å²) in [5.41, 5.74) is -0.489. The molecule has 88 valence electrons. The minimum atomic E-state index is -3.21. The summed E-state index contributed by atoms with van der Waals surface area (Å²) >= 11 is 0. The van der Waals surface area contributed by atoms with E-state index >= 15 is 0 Å². The van der Waals surface area contributed by atoms with Gasteiger partial charge in [0.25, 0.3) is 0 Å². The maximum atomic E-state index is 11.7. The summed E-state index contributed by atoms with van der Waals surface area (Å²) in [7, 11) is -3.21. The van der Waals surface area contributed by atoms with Crippen LogP contribution in [0.5, 0.6) is 0 Å². The molecule has 0 radical (unpaired) electrons. The van der Waals surface area contributed by atoms with Gasteiger partial charge in [-0.3, -0.25) is 0 Å². The highest BCUT2D eigenvalue weighted by Gasteiger charge is 2.47. The Bertz CT molecular complexity index is 466. The Morgan fingerprint density at radius 3 is 2.50 bits per heavy atom. The highest BCUT2D eigenvalue weighted by molar-refractivity contribution is 7.91. The molecular weight excluding hydrogens is 224 g/mol. The van der Waals surface area contributed by atoms with E-state index in [1.807, 2.05) is 18.2 Å². The highest BCUT2D eigenvalue weighted by Crippen LogP contribution is 2.42. The van der Waals surface area contributed by atoms with Crippen molar-refractivity contribution in [1.29, 1.82) is 0 Å². The molecule has 2 unspecified atom stereocenters. The van der Waals surface area contributed by atoms with Gasteiger partial charge >= 0.3 is 0 Å². The molecule has 1 aliphatic carbocycles. The van der Waals surface area contributed by atoms with Gasteiger partial charge in [0.2, 0.25) is 0 Å². The van der Waals surface area contributed by atoms with Crippen LogP contribution in [0.4, 0.5) is 0 Å². The first-order chi connectivity index (χ1) is 7.44. The van der Waals surface area contributed by atoms with Gasteiger partial charge in [0.15, 0.2) is 9.84 Å². The summed E-state index contributed by atoms with van der Waals surface area (Å²) in [5, 5.41) is 9.91. The molecule has 3 nitrogen and oxygen atoms in total. The van der Waals surface area contributed by atoms with Gasteiger partial charge in [-0.05, 0) is 24.8 Å². The van der Waals surface area contributed by atoms with Crippen molar-refractivity contribution in [2.45, 2.75) is 30.1 Å². The minimum Gasteiger partial charge on any atom is -0.384 e. The number of rotatable bonds is 2. The molecule has 2 atom stereocenters. The Kier molecular flexibility index (Phi) is 2.80. The average Bonchev–Trinajstić information content (AvgIpc) is 2.63. The Morgan fingerprint density at radius 1 is 1.31 bits per heavy atom. The zero-order valence-electron chi connectivity index (χ0n) is 9.26. The summed E-state index contributed by atoms with van der Waals surface area (Å²) in [4.78, 5) is 0. The third-order valence-electron chi connectivity index (χ3n) is 3.35. The van der Waals surface area contributed by atoms with E-state index in [2.05, 4.69) is 0 Å². The van der Waals surface area contributed by atoms with Gasteiger partial charge in [-0.25, -0.2) is 8.42 Å². The lowest BCUT2D eigenvalue weighted by Gasteiger charge is -2.29. The Morgan fingerprint density at radius 2 is 1.94 bits per heavy atom. The fraction of sp³-hybridized carbons (Fsp3) is 0.500. The molecule has 0 aromatic heterocycles. The Labute approximate surface area is 96.0 Å². The van der Waals surface area contributed by atoms with E-state index in [9.17, 15) is 13.5 Å². The number of hydrogen-bond acceptors (Lipinski definition) is 3. The quantitative estimate of drug-likeness (QED) is 0.851. The lowest BCUT2D eigenvalue weighted by atomic mass is 9.92. The fourth-order valence-corrected chi connectivity index (χ4v) is 4.14. The maximum absolute atomic E-state index is 11.7. The Balaban J connectivity index is 2.45. The average molecular weight is 240 g/mol. The van der Waals surface area contributed by atoms with Crippen LogP contribution in [-0.2, 0) is 15.4 Å². The van der Waals surface area contributed by atoms with E-state index in [1.165, 1.54) is 6.26 Å². The summed E-state index contributed by atoms with van der Waals surface area (Å²) in [6, 6.07) is 9.10. The van der Waals surface area contributed by atoms with Crippen LogP contribution < -0.4 is 0 Å². The van der Waals surface area contributed by atoms with E-state index in [-0.39, 0.29) is 0 Å². The predicted molar refractivity (Wildman–Crippen MR) is 62.8 cm³/mol. The standard InChI is InChI=1S/C12H16O3S/c1-16(14,15)11-8-5-9-12(11,13)10-6-3-2-4-7-10/h2-4,6-7,11,13H,5,8-9H2,1H3. The molecule has 0 saturated heterocycles. The third-order valence-corrected chi connectivity index (χ3v) is 5.01. The van der Waals surface area contributed by atoms with E-state index in [0.29, 0.717) is 18.4 Å². The molecular formula is C12H16O3S. The molecule has 1 aromatic rings. The Hall–Kier alpha value is -0.870. The molecule has 2 rings (SSSR count). The lowest BCUT2D eigenvalue weighted by molar-refractivity contribution is 0.0477. The molecule has 1 aromatic carbocycles. The summed E-state index contributed by atoms with van der Waals surface area (Å²) < 4.78 is 23.3. The van der Waals surface area contributed by atoms with Gasteiger partial charge in [-0.2, -0.15) is 0 Å². The molecule has 0 amide bonds. The van der Waals surface area contributed by atoms with Crippen molar-refractivity contribution >= 4 is 9.84 Å². The van der Waals surface area contributed by atoms with Crippen LogP contribution in [0.2, 0.25) is 0 Å². The topological polar surface area (TPSA) is 54.4 Å². The molecule has 1 aliphatic rings. The van der Waals surface area contributed by atoms with E-state index in [0.717, 1.165) is 6.42 Å². The third kappa shape index (κ3) is 1.87. The number of hydrogen-bond donors (Lipinski definition) is 1. The van der Waals surface area contributed by atoms with Gasteiger partial charge < -0.3 is 5.11 Å². The highest BCUT2D eigenvalue weighted by atomic mass is 32.2. The summed E-state index contributed by atoms with van der Waals surface area (Å²) in [6.45, 7) is 0. The predicted octanol–water partition coefficient (Wildman–Crippen LogP) is 1.47. The van der Waals surface area contributed by atoms with Crippen molar-refractivity contribution in [3.05, 3.63) is 35.9 Å². The SMILES string of the molecule is CS(=O)(=O)C1CCCC1(O)c1ccccc1. The van der Waals surface area contributed by atoms with Gasteiger partial charge in [-0.15, -0.1) is 0 Å². The van der Waals surface area contributed by atoms with Gasteiger partial charge in [0.05, 0.1) is 5.25 Å². The van der Waals surface area contributed by atoms with E-state index < -0.39 is 20.7 Å². The van der Waals surface area contributed by atoms with Gasteiger partial charge in [0, 0.05) is 6.26 Å². The van der Waals surface area contributed by atoms with E-state index in [1.54, 1.807) is 12.1 Å². The second-order valence-corrected chi connectivity index (χ2v) is 6.73. The zero-order chi connectivity index (χ0) is 11.8. The van der Waals surface area contributed by atoms with Crippen LogP contribution in [-0.4, -0.2) is 25.0 Å². The molecule has 1 N–H and O–H groups in total. The molecule has 1 fully saturated rings. The van der Waals surface area contributed by atoms with Gasteiger partial charge in [-0.1, -0.05) is 30.3 Å². The van der Waals surface area contributed by atoms with Crippen molar-refractivity contribution < 1.29 is 13.5 Å². The van der Waals surface area contributed by atoms with Gasteiger partial charge in [0.1, 0.15) is 5.60 Å². The fourth-order valence-electron chi connectivity index (χ4n) is 2.58. The number of benzene rings is 1. The molecule has 0 bridgehead atoms.